The molecule has 1 saturated carbocycles. The number of methoxy groups -OCH3 is 1. The van der Waals surface area contributed by atoms with Crippen molar-refractivity contribution in [3.8, 4) is 0 Å². The lowest BCUT2D eigenvalue weighted by molar-refractivity contribution is -0.111. The molecule has 0 aromatic carbocycles. The first-order valence-corrected chi connectivity index (χ1v) is 8.78. The molecule has 1 unspecified atom stereocenters. The van der Waals surface area contributed by atoms with E-state index in [1.807, 2.05) is 11.6 Å². The third kappa shape index (κ3) is 3.51. The van der Waals surface area contributed by atoms with Gasteiger partial charge in [0.25, 0.3) is 0 Å². The number of hydrogen-bond acceptors (Lipinski definition) is 3. The minimum Gasteiger partial charge on any atom is -0.390 e. The number of aliphatic hydroxyl groups excluding tert-OH is 1. The van der Waals surface area contributed by atoms with E-state index < -0.39 is 11.7 Å². The summed E-state index contributed by atoms with van der Waals surface area (Å²) in [5, 5.41) is 15.4. The van der Waals surface area contributed by atoms with E-state index in [0.717, 1.165) is 48.1 Å². The van der Waals surface area contributed by atoms with E-state index in [0.29, 0.717) is 6.42 Å². The number of ether oxygens (including phenoxy) is 1. The first-order valence-electron chi connectivity index (χ1n) is 7.99. The zero-order chi connectivity index (χ0) is 15.5. The molecule has 0 spiro atoms. The summed E-state index contributed by atoms with van der Waals surface area (Å²) in [4.78, 5) is 0. The van der Waals surface area contributed by atoms with Crippen LogP contribution in [0.5, 0.6) is 0 Å². The van der Waals surface area contributed by atoms with Gasteiger partial charge in [-0.3, -0.25) is 4.68 Å². The van der Waals surface area contributed by atoms with Gasteiger partial charge < -0.3 is 9.84 Å². The predicted molar refractivity (Wildman–Crippen MR) is 87.5 cm³/mol. The Balaban J connectivity index is 2.21. The number of nitrogens with zero attached hydrogens (tertiary/aromatic N) is 2. The molecule has 0 amide bonds. The Morgan fingerprint density at radius 1 is 1.33 bits per heavy atom. The summed E-state index contributed by atoms with van der Waals surface area (Å²) >= 11 is 3.61. The molecule has 21 heavy (non-hydrogen) atoms. The monoisotopic (exact) mass is 358 g/mol. The Morgan fingerprint density at radius 2 is 1.95 bits per heavy atom. The standard InChI is InChI=1S/C16H27BrN2O2/c1-4-19-13(15(17)12(2)18-19)11-14(20)16(21-3)9-7-5-6-8-10-16/h14,20H,4-11H2,1-3H3. The molecule has 0 bridgehead atoms. The van der Waals surface area contributed by atoms with Crippen molar-refractivity contribution in [3.63, 3.8) is 0 Å². The molecule has 1 atom stereocenters. The van der Waals surface area contributed by atoms with Crippen LogP contribution < -0.4 is 0 Å². The van der Waals surface area contributed by atoms with Crippen molar-refractivity contribution in [1.82, 2.24) is 9.78 Å². The van der Waals surface area contributed by atoms with Crippen LogP contribution in [-0.2, 0) is 17.7 Å². The van der Waals surface area contributed by atoms with Gasteiger partial charge in [-0.2, -0.15) is 5.10 Å². The van der Waals surface area contributed by atoms with Crippen molar-refractivity contribution in [3.05, 3.63) is 15.9 Å². The molecule has 0 aliphatic heterocycles. The molecule has 120 valence electrons. The van der Waals surface area contributed by atoms with Gasteiger partial charge in [-0.25, -0.2) is 0 Å². The minimum atomic E-state index is -0.488. The maximum atomic E-state index is 10.9. The van der Waals surface area contributed by atoms with Crippen LogP contribution in [0.1, 0.15) is 56.8 Å². The molecule has 1 heterocycles. The smallest absolute Gasteiger partial charge is 0.0940 e. The highest BCUT2D eigenvalue weighted by molar-refractivity contribution is 9.10. The van der Waals surface area contributed by atoms with Gasteiger partial charge in [0.15, 0.2) is 0 Å². The Kier molecular flexibility index (Phi) is 5.86. The summed E-state index contributed by atoms with van der Waals surface area (Å²) in [5.74, 6) is 0. The van der Waals surface area contributed by atoms with Crippen LogP contribution in [-0.4, -0.2) is 33.7 Å². The average molecular weight is 359 g/mol. The number of aryl methyl sites for hydroxylation is 2. The van der Waals surface area contributed by atoms with E-state index in [1.165, 1.54) is 12.8 Å². The highest BCUT2D eigenvalue weighted by Crippen LogP contribution is 2.35. The highest BCUT2D eigenvalue weighted by atomic mass is 79.9. The summed E-state index contributed by atoms with van der Waals surface area (Å²) in [6.45, 7) is 4.88. The maximum Gasteiger partial charge on any atom is 0.0940 e. The Labute approximate surface area is 136 Å². The van der Waals surface area contributed by atoms with E-state index in [2.05, 4.69) is 28.0 Å². The lowest BCUT2D eigenvalue weighted by Gasteiger charge is -2.36. The molecule has 0 radical (unpaired) electrons. The van der Waals surface area contributed by atoms with Crippen molar-refractivity contribution in [2.45, 2.75) is 77.0 Å². The molecular weight excluding hydrogens is 332 g/mol. The van der Waals surface area contributed by atoms with Gasteiger partial charge in [0.05, 0.1) is 27.6 Å². The normalized spacial score (nSPS) is 20.2. The van der Waals surface area contributed by atoms with Crippen LogP contribution in [0.3, 0.4) is 0 Å². The van der Waals surface area contributed by atoms with Crippen LogP contribution in [0.2, 0.25) is 0 Å². The van der Waals surface area contributed by atoms with E-state index in [9.17, 15) is 5.11 Å². The fraction of sp³-hybridized carbons (Fsp3) is 0.812. The molecule has 0 saturated heterocycles. The molecule has 1 aromatic heterocycles. The zero-order valence-corrected chi connectivity index (χ0v) is 14.9. The van der Waals surface area contributed by atoms with Gasteiger partial charge in [0.1, 0.15) is 0 Å². The van der Waals surface area contributed by atoms with Crippen molar-refractivity contribution >= 4 is 15.9 Å². The van der Waals surface area contributed by atoms with E-state index >= 15 is 0 Å². The Morgan fingerprint density at radius 3 is 2.48 bits per heavy atom. The largest absolute Gasteiger partial charge is 0.390 e. The third-order valence-electron chi connectivity index (χ3n) is 4.80. The molecular formula is C16H27BrN2O2. The van der Waals surface area contributed by atoms with Gasteiger partial charge in [0.2, 0.25) is 0 Å². The average Bonchev–Trinajstić information content (AvgIpc) is 2.69. The topological polar surface area (TPSA) is 47.3 Å². The predicted octanol–water partition coefficient (Wildman–Crippen LogP) is 3.62. The van der Waals surface area contributed by atoms with Gasteiger partial charge in [-0.1, -0.05) is 25.7 Å². The lowest BCUT2D eigenvalue weighted by Crippen LogP contribution is -2.45. The summed E-state index contributed by atoms with van der Waals surface area (Å²) < 4.78 is 8.81. The zero-order valence-electron chi connectivity index (χ0n) is 13.4. The number of aromatic nitrogens is 2. The maximum absolute atomic E-state index is 10.9. The van der Waals surface area contributed by atoms with Gasteiger partial charge >= 0.3 is 0 Å². The second-order valence-electron chi connectivity index (χ2n) is 6.06. The summed E-state index contributed by atoms with van der Waals surface area (Å²) in [6, 6.07) is 0. The summed E-state index contributed by atoms with van der Waals surface area (Å²) in [5.41, 5.74) is 1.65. The van der Waals surface area contributed by atoms with Gasteiger partial charge in [-0.05, 0) is 42.6 Å². The van der Waals surface area contributed by atoms with E-state index in [-0.39, 0.29) is 0 Å². The SMILES string of the molecule is CCn1nc(C)c(Br)c1CC(O)C1(OC)CCCCCC1. The van der Waals surface area contributed by atoms with E-state index in [4.69, 9.17) is 4.74 Å². The number of rotatable bonds is 5. The quantitative estimate of drug-likeness (QED) is 0.817. The molecule has 1 aromatic rings. The van der Waals surface area contributed by atoms with Crippen molar-refractivity contribution in [2.24, 2.45) is 0 Å². The summed E-state index contributed by atoms with van der Waals surface area (Å²) in [6.07, 6.45) is 6.75. The summed E-state index contributed by atoms with van der Waals surface area (Å²) in [7, 11) is 1.74. The van der Waals surface area contributed by atoms with Gasteiger partial charge in [-0.15, -0.1) is 0 Å². The molecule has 1 fully saturated rings. The number of halogens is 1. The first-order chi connectivity index (χ1) is 10.0. The fourth-order valence-electron chi connectivity index (χ4n) is 3.43. The van der Waals surface area contributed by atoms with Crippen LogP contribution in [0.25, 0.3) is 0 Å². The third-order valence-corrected chi connectivity index (χ3v) is 5.83. The molecule has 1 aliphatic carbocycles. The van der Waals surface area contributed by atoms with Crippen LogP contribution >= 0.6 is 15.9 Å². The molecule has 4 nitrogen and oxygen atoms in total. The second-order valence-corrected chi connectivity index (χ2v) is 6.86. The second kappa shape index (κ2) is 7.25. The number of hydrogen-bond donors (Lipinski definition) is 1. The van der Waals surface area contributed by atoms with Crippen LogP contribution in [0.15, 0.2) is 4.47 Å². The number of aliphatic hydroxyl groups is 1. The lowest BCUT2D eigenvalue weighted by atomic mass is 9.85. The van der Waals surface area contributed by atoms with Crippen LogP contribution in [0, 0.1) is 6.92 Å². The van der Waals surface area contributed by atoms with Crippen molar-refractivity contribution in [1.29, 1.82) is 0 Å². The minimum absolute atomic E-state index is 0.396. The molecule has 1 N–H and O–H groups in total. The van der Waals surface area contributed by atoms with Gasteiger partial charge in [0, 0.05) is 20.1 Å². The Hall–Kier alpha value is -0.390. The first kappa shape index (κ1) is 17.0. The van der Waals surface area contributed by atoms with Crippen molar-refractivity contribution in [2.75, 3.05) is 7.11 Å². The fourth-order valence-corrected chi connectivity index (χ4v) is 3.88. The molecule has 5 heteroatoms. The highest BCUT2D eigenvalue weighted by Gasteiger charge is 2.39. The molecule has 1 aliphatic rings. The Bertz CT molecular complexity index is 465. The van der Waals surface area contributed by atoms with E-state index in [1.54, 1.807) is 7.11 Å². The molecule has 2 rings (SSSR count). The van der Waals surface area contributed by atoms with Crippen molar-refractivity contribution < 1.29 is 9.84 Å². The van der Waals surface area contributed by atoms with Crippen LogP contribution in [0.4, 0.5) is 0 Å².